The Labute approximate surface area is 150 Å². The van der Waals surface area contributed by atoms with E-state index in [0.29, 0.717) is 5.56 Å². The van der Waals surface area contributed by atoms with Gasteiger partial charge in [-0.25, -0.2) is 4.79 Å². The molecule has 26 heavy (non-hydrogen) atoms. The predicted octanol–water partition coefficient (Wildman–Crippen LogP) is 5.12. The van der Waals surface area contributed by atoms with Crippen molar-refractivity contribution in [2.24, 2.45) is 0 Å². The zero-order valence-electron chi connectivity index (χ0n) is 14.2. The molecule has 1 aliphatic rings. The fourth-order valence-electron chi connectivity index (χ4n) is 4.41. The number of aryl methyl sites for hydroxylation is 1. The second-order valence-corrected chi connectivity index (χ2v) is 6.98. The van der Waals surface area contributed by atoms with Crippen LogP contribution >= 0.6 is 0 Å². The number of rotatable bonds is 1. The lowest BCUT2D eigenvalue weighted by Gasteiger charge is -2.27. The first kappa shape index (κ1) is 15.2. The monoisotopic (exact) mass is 342 g/mol. The summed E-state index contributed by atoms with van der Waals surface area (Å²) in [4.78, 5) is 12.4. The van der Waals surface area contributed by atoms with Gasteiger partial charge in [-0.3, -0.25) is 0 Å². The van der Waals surface area contributed by atoms with E-state index in [1.165, 1.54) is 38.7 Å². The second-order valence-electron chi connectivity index (χ2n) is 6.98. The Hall–Kier alpha value is -3.07. The van der Waals surface area contributed by atoms with Gasteiger partial charge in [0.2, 0.25) is 0 Å². The highest BCUT2D eigenvalue weighted by Crippen LogP contribution is 2.41. The summed E-state index contributed by atoms with van der Waals surface area (Å²) in [5.41, 5.74) is 2.72. The molecule has 128 valence electrons. The molecule has 4 aromatic rings. The Morgan fingerprint density at radius 2 is 1.73 bits per heavy atom. The first-order valence-corrected chi connectivity index (χ1v) is 8.98. The highest BCUT2D eigenvalue weighted by atomic mass is 16.5. The summed E-state index contributed by atoms with van der Waals surface area (Å²) in [6.45, 7) is 0. The topological polar surface area (TPSA) is 50.4 Å². The number of fused-ring (bicyclic) bond motifs is 5. The predicted molar refractivity (Wildman–Crippen MR) is 103 cm³/mol. The molecule has 1 N–H and O–H groups in total. The Kier molecular flexibility index (Phi) is 3.35. The molecule has 0 saturated heterocycles. The Balaban J connectivity index is 1.82. The first-order valence-electron chi connectivity index (χ1n) is 8.98. The molecule has 1 aromatic heterocycles. The van der Waals surface area contributed by atoms with Gasteiger partial charge in [0.15, 0.2) is 0 Å². The van der Waals surface area contributed by atoms with Gasteiger partial charge >= 0.3 is 5.63 Å². The van der Waals surface area contributed by atoms with E-state index in [1.807, 2.05) is 0 Å². The van der Waals surface area contributed by atoms with Gasteiger partial charge in [-0.05, 0) is 58.0 Å². The molecule has 1 heterocycles. The molecular formula is C23H18O3. The number of hydrogen-bond acceptors (Lipinski definition) is 3. The lowest BCUT2D eigenvalue weighted by atomic mass is 9.76. The molecule has 0 amide bonds. The van der Waals surface area contributed by atoms with E-state index in [9.17, 15) is 9.90 Å². The fourth-order valence-corrected chi connectivity index (χ4v) is 4.41. The number of benzene rings is 3. The standard InChI is InChI=1S/C23H18O3/c24-21-13-12-20(23(25)26-21)18-7-3-5-15-9-10-17-16-6-2-1-4-14(16)8-11-19(17)22(15)18/h1-2,4,6,8-13,18,24H,3,5,7H2. The molecule has 0 spiro atoms. The summed E-state index contributed by atoms with van der Waals surface area (Å²) < 4.78 is 4.96. The van der Waals surface area contributed by atoms with Gasteiger partial charge in [0, 0.05) is 17.5 Å². The van der Waals surface area contributed by atoms with Crippen molar-refractivity contribution < 1.29 is 9.52 Å². The number of hydrogen-bond donors (Lipinski definition) is 1. The van der Waals surface area contributed by atoms with Crippen molar-refractivity contribution >= 4 is 21.5 Å². The third kappa shape index (κ3) is 2.24. The summed E-state index contributed by atoms with van der Waals surface area (Å²) in [5, 5.41) is 14.3. The maximum atomic E-state index is 12.4. The van der Waals surface area contributed by atoms with Crippen molar-refractivity contribution in [1.82, 2.24) is 0 Å². The molecule has 3 nitrogen and oxygen atoms in total. The molecule has 0 radical (unpaired) electrons. The zero-order valence-corrected chi connectivity index (χ0v) is 14.2. The highest BCUT2D eigenvalue weighted by molar-refractivity contribution is 6.09. The molecule has 3 aromatic carbocycles. The maximum Gasteiger partial charge on any atom is 0.342 e. The SMILES string of the molecule is O=c1oc(O)ccc1C1CCCc2ccc3c(ccc4ccccc43)c21. The van der Waals surface area contributed by atoms with E-state index < -0.39 is 5.63 Å². The van der Waals surface area contributed by atoms with Crippen molar-refractivity contribution in [3.8, 4) is 5.95 Å². The molecule has 0 aliphatic heterocycles. The molecule has 3 heteroatoms. The average Bonchev–Trinajstić information content (AvgIpc) is 2.67. The van der Waals surface area contributed by atoms with Crippen molar-refractivity contribution in [2.75, 3.05) is 0 Å². The van der Waals surface area contributed by atoms with Crippen LogP contribution in [0.3, 0.4) is 0 Å². The van der Waals surface area contributed by atoms with E-state index in [0.717, 1.165) is 19.3 Å². The van der Waals surface area contributed by atoms with Gasteiger partial charge in [0.1, 0.15) is 0 Å². The Morgan fingerprint density at radius 1 is 0.885 bits per heavy atom. The molecular weight excluding hydrogens is 324 g/mol. The third-order valence-electron chi connectivity index (χ3n) is 5.56. The van der Waals surface area contributed by atoms with E-state index in [-0.39, 0.29) is 11.9 Å². The molecule has 0 bridgehead atoms. The molecule has 5 rings (SSSR count). The first-order chi connectivity index (χ1) is 12.7. The van der Waals surface area contributed by atoms with E-state index in [1.54, 1.807) is 6.07 Å². The average molecular weight is 342 g/mol. The highest BCUT2D eigenvalue weighted by Gasteiger charge is 2.27. The van der Waals surface area contributed by atoms with Gasteiger partial charge in [0.05, 0.1) is 0 Å². The minimum absolute atomic E-state index is 0.000428. The quantitative estimate of drug-likeness (QED) is 0.488. The molecule has 1 atom stereocenters. The van der Waals surface area contributed by atoms with Crippen LogP contribution in [0.25, 0.3) is 21.5 Å². The summed E-state index contributed by atoms with van der Waals surface area (Å²) in [5.74, 6) is -0.334. The summed E-state index contributed by atoms with van der Waals surface area (Å²) in [6.07, 6.45) is 2.98. The Bertz CT molecular complexity index is 1200. The van der Waals surface area contributed by atoms with Gasteiger partial charge in [-0.15, -0.1) is 0 Å². The summed E-state index contributed by atoms with van der Waals surface area (Å²) in [6, 6.07) is 20.3. The van der Waals surface area contributed by atoms with Crippen LogP contribution in [0, 0.1) is 0 Å². The van der Waals surface area contributed by atoms with Crippen molar-refractivity contribution in [3.05, 3.63) is 87.8 Å². The van der Waals surface area contributed by atoms with Crippen LogP contribution in [0.15, 0.2) is 69.9 Å². The van der Waals surface area contributed by atoms with Crippen LogP contribution in [-0.4, -0.2) is 5.11 Å². The van der Waals surface area contributed by atoms with Gasteiger partial charge < -0.3 is 9.52 Å². The summed E-state index contributed by atoms with van der Waals surface area (Å²) in [7, 11) is 0. The van der Waals surface area contributed by atoms with Crippen LogP contribution in [0.2, 0.25) is 0 Å². The van der Waals surface area contributed by atoms with Crippen LogP contribution in [0.4, 0.5) is 0 Å². The largest absolute Gasteiger partial charge is 0.481 e. The van der Waals surface area contributed by atoms with Crippen LogP contribution in [0.5, 0.6) is 5.95 Å². The molecule has 1 aliphatic carbocycles. The second kappa shape index (κ2) is 5.73. The Morgan fingerprint density at radius 3 is 2.62 bits per heavy atom. The fraction of sp³-hybridized carbons (Fsp3) is 0.174. The zero-order chi connectivity index (χ0) is 17.7. The maximum absolute atomic E-state index is 12.4. The van der Waals surface area contributed by atoms with Crippen molar-refractivity contribution in [2.45, 2.75) is 25.2 Å². The number of aromatic hydroxyl groups is 1. The summed E-state index contributed by atoms with van der Waals surface area (Å²) >= 11 is 0. The van der Waals surface area contributed by atoms with Crippen molar-refractivity contribution in [3.63, 3.8) is 0 Å². The lowest BCUT2D eigenvalue weighted by Crippen LogP contribution is -2.18. The lowest BCUT2D eigenvalue weighted by molar-refractivity contribution is 0.306. The minimum Gasteiger partial charge on any atom is -0.481 e. The van der Waals surface area contributed by atoms with E-state index >= 15 is 0 Å². The van der Waals surface area contributed by atoms with Gasteiger partial charge in [-0.1, -0.05) is 48.5 Å². The van der Waals surface area contributed by atoms with E-state index in [4.69, 9.17) is 4.42 Å². The molecule has 0 fully saturated rings. The third-order valence-corrected chi connectivity index (χ3v) is 5.56. The van der Waals surface area contributed by atoms with Crippen LogP contribution in [-0.2, 0) is 6.42 Å². The minimum atomic E-state index is -0.444. The van der Waals surface area contributed by atoms with Gasteiger partial charge in [0.25, 0.3) is 5.95 Å². The van der Waals surface area contributed by atoms with Crippen molar-refractivity contribution in [1.29, 1.82) is 0 Å². The molecule has 0 saturated carbocycles. The normalized spacial score (nSPS) is 16.7. The van der Waals surface area contributed by atoms with E-state index in [2.05, 4.69) is 48.5 Å². The van der Waals surface area contributed by atoms with Crippen LogP contribution in [0.1, 0.15) is 35.4 Å². The smallest absolute Gasteiger partial charge is 0.342 e. The van der Waals surface area contributed by atoms with Crippen LogP contribution < -0.4 is 5.63 Å². The van der Waals surface area contributed by atoms with Gasteiger partial charge in [-0.2, -0.15) is 0 Å². The molecule has 1 unspecified atom stereocenters.